The molecule has 0 saturated heterocycles. The first-order valence-electron chi connectivity index (χ1n) is 9.46. The van der Waals surface area contributed by atoms with Crippen LogP contribution in [0.15, 0.2) is 59.3 Å². The Balaban J connectivity index is 1.60. The van der Waals surface area contributed by atoms with Crippen molar-refractivity contribution in [2.75, 3.05) is 5.32 Å². The summed E-state index contributed by atoms with van der Waals surface area (Å²) >= 11 is 0. The molecule has 2 aromatic carbocycles. The lowest BCUT2D eigenvalue weighted by atomic mass is 10.0. The quantitative estimate of drug-likeness (QED) is 0.439. The van der Waals surface area contributed by atoms with Crippen LogP contribution in [-0.2, 0) is 11.2 Å². The summed E-state index contributed by atoms with van der Waals surface area (Å²) in [6.45, 7) is 1.68. The van der Waals surface area contributed by atoms with E-state index in [-0.39, 0.29) is 17.8 Å². The summed E-state index contributed by atoms with van der Waals surface area (Å²) in [5, 5.41) is 9.82. The molecule has 4 aromatic rings. The molecule has 0 spiro atoms. The number of hydrogen-bond acceptors (Lipinski definition) is 4. The zero-order valence-electron chi connectivity index (χ0n) is 16.4. The minimum Gasteiger partial charge on any atom is -0.361 e. The van der Waals surface area contributed by atoms with Gasteiger partial charge < -0.3 is 20.1 Å². The number of amides is 2. The zero-order valence-corrected chi connectivity index (χ0v) is 16.4. The predicted octanol–water partition coefficient (Wildman–Crippen LogP) is 3.72. The number of carbonyl (C=O) groups excluding carboxylic acids is 2. The van der Waals surface area contributed by atoms with Crippen molar-refractivity contribution in [3.05, 3.63) is 83.2 Å². The van der Waals surface area contributed by atoms with E-state index in [0.29, 0.717) is 5.76 Å². The summed E-state index contributed by atoms with van der Waals surface area (Å²) in [5.41, 5.74) is 1.58. The number of fused-ring (bicyclic) bond motifs is 1. The van der Waals surface area contributed by atoms with E-state index >= 15 is 0 Å². The number of nitrogens with one attached hydrogen (secondary N) is 3. The molecule has 0 radical (unpaired) electrons. The number of rotatable bonds is 6. The second-order valence-electron chi connectivity index (χ2n) is 7.03. The monoisotopic (exact) mass is 424 g/mol. The third-order valence-corrected chi connectivity index (χ3v) is 4.78. The molecule has 3 N–H and O–H groups in total. The van der Waals surface area contributed by atoms with Crippen molar-refractivity contribution in [2.24, 2.45) is 0 Å². The van der Waals surface area contributed by atoms with Crippen molar-refractivity contribution in [3.8, 4) is 0 Å². The van der Waals surface area contributed by atoms with E-state index < -0.39 is 29.5 Å². The lowest BCUT2D eigenvalue weighted by Gasteiger charge is -2.18. The maximum Gasteiger partial charge on any atom is 0.252 e. The highest BCUT2D eigenvalue weighted by Gasteiger charge is 2.24. The van der Waals surface area contributed by atoms with Gasteiger partial charge in [0.2, 0.25) is 5.91 Å². The lowest BCUT2D eigenvalue weighted by Crippen LogP contribution is -2.45. The van der Waals surface area contributed by atoms with Gasteiger partial charge in [0.25, 0.3) is 5.91 Å². The van der Waals surface area contributed by atoms with Crippen molar-refractivity contribution >= 4 is 28.5 Å². The van der Waals surface area contributed by atoms with E-state index in [4.69, 9.17) is 4.52 Å². The summed E-state index contributed by atoms with van der Waals surface area (Å²) in [5.74, 6) is -2.75. The largest absolute Gasteiger partial charge is 0.361 e. The second-order valence-corrected chi connectivity index (χ2v) is 7.03. The molecule has 0 aliphatic carbocycles. The Bertz CT molecular complexity index is 1260. The minimum absolute atomic E-state index is 0.104. The Morgan fingerprint density at radius 2 is 1.94 bits per heavy atom. The first-order valence-corrected chi connectivity index (χ1v) is 9.46. The Kier molecular flexibility index (Phi) is 5.48. The molecule has 0 aliphatic heterocycles. The van der Waals surface area contributed by atoms with E-state index in [2.05, 4.69) is 20.8 Å². The number of H-pyrrole nitrogens is 1. The molecule has 0 aliphatic rings. The minimum atomic E-state index is -1.15. The smallest absolute Gasteiger partial charge is 0.252 e. The molecule has 2 aromatic heterocycles. The highest BCUT2D eigenvalue weighted by molar-refractivity contribution is 6.01. The molecular formula is C22H18F2N4O3. The van der Waals surface area contributed by atoms with Gasteiger partial charge in [-0.1, -0.05) is 23.4 Å². The van der Waals surface area contributed by atoms with Gasteiger partial charge in [0.1, 0.15) is 11.8 Å². The summed E-state index contributed by atoms with van der Waals surface area (Å²) in [4.78, 5) is 28.7. The second kappa shape index (κ2) is 8.39. The van der Waals surface area contributed by atoms with Gasteiger partial charge in [0.15, 0.2) is 17.5 Å². The number of para-hydroxylation sites is 1. The molecule has 0 saturated carbocycles. The van der Waals surface area contributed by atoms with Crippen LogP contribution in [0.3, 0.4) is 0 Å². The lowest BCUT2D eigenvalue weighted by molar-refractivity contribution is -0.118. The Labute approximate surface area is 175 Å². The van der Waals surface area contributed by atoms with E-state index in [0.717, 1.165) is 34.7 Å². The zero-order chi connectivity index (χ0) is 22.0. The molecule has 0 fully saturated rings. The van der Waals surface area contributed by atoms with Gasteiger partial charge in [0.05, 0.1) is 0 Å². The van der Waals surface area contributed by atoms with E-state index in [1.54, 1.807) is 13.1 Å². The molecule has 0 bridgehead atoms. The molecule has 9 heteroatoms. The molecule has 1 atom stereocenters. The molecule has 158 valence electrons. The van der Waals surface area contributed by atoms with E-state index in [1.165, 1.54) is 6.07 Å². The number of carbonyl (C=O) groups is 2. The molecular weight excluding hydrogens is 406 g/mol. The van der Waals surface area contributed by atoms with Crippen LogP contribution in [0.5, 0.6) is 0 Å². The van der Waals surface area contributed by atoms with Gasteiger partial charge in [-0.25, -0.2) is 8.78 Å². The average Bonchev–Trinajstić information content (AvgIpc) is 3.35. The molecule has 31 heavy (non-hydrogen) atoms. The topological polar surface area (TPSA) is 100 Å². The number of aryl methyl sites for hydroxylation is 1. The number of hydrogen-bond donors (Lipinski definition) is 3. The summed E-state index contributed by atoms with van der Waals surface area (Å²) in [7, 11) is 0. The van der Waals surface area contributed by atoms with Crippen molar-refractivity contribution in [1.29, 1.82) is 0 Å². The van der Waals surface area contributed by atoms with Crippen molar-refractivity contribution < 1.29 is 22.9 Å². The summed E-state index contributed by atoms with van der Waals surface area (Å²) < 4.78 is 31.7. The number of anilines is 1. The van der Waals surface area contributed by atoms with Crippen LogP contribution in [-0.4, -0.2) is 28.0 Å². The fourth-order valence-corrected chi connectivity index (χ4v) is 3.25. The van der Waals surface area contributed by atoms with Gasteiger partial charge in [-0.2, -0.15) is 0 Å². The Morgan fingerprint density at radius 3 is 2.68 bits per heavy atom. The molecule has 2 amide bonds. The highest BCUT2D eigenvalue weighted by Crippen LogP contribution is 2.20. The van der Waals surface area contributed by atoms with Gasteiger partial charge in [-0.15, -0.1) is 0 Å². The number of benzene rings is 2. The standard InChI is InChI=1S/C22H18F2N4O3/c1-12-8-20(28-31-12)27-22(30)19(10-14-11-25-18-5-3-2-4-15(14)18)26-21(29)13-6-7-16(23)17(24)9-13/h2-9,11,19,25H,10H2,1H3,(H,26,29)(H,27,28,30)/t19-/m0/s1. The molecule has 0 unspecified atom stereocenters. The maximum atomic E-state index is 13.5. The first-order chi connectivity index (χ1) is 14.9. The van der Waals surface area contributed by atoms with Gasteiger partial charge in [-0.3, -0.25) is 9.59 Å². The third-order valence-electron chi connectivity index (χ3n) is 4.78. The fraction of sp³-hybridized carbons (Fsp3) is 0.136. The van der Waals surface area contributed by atoms with Gasteiger partial charge in [-0.05, 0) is 36.8 Å². The van der Waals surface area contributed by atoms with E-state index in [9.17, 15) is 18.4 Å². The van der Waals surface area contributed by atoms with Crippen LogP contribution in [0.2, 0.25) is 0 Å². The van der Waals surface area contributed by atoms with Crippen molar-refractivity contribution in [3.63, 3.8) is 0 Å². The highest BCUT2D eigenvalue weighted by atomic mass is 19.2. The third kappa shape index (κ3) is 4.45. The van der Waals surface area contributed by atoms with Crippen LogP contribution >= 0.6 is 0 Å². The van der Waals surface area contributed by atoms with Crippen molar-refractivity contribution in [1.82, 2.24) is 15.5 Å². The number of nitrogens with zero attached hydrogens (tertiary/aromatic N) is 1. The molecule has 7 nitrogen and oxygen atoms in total. The Morgan fingerprint density at radius 1 is 1.13 bits per heavy atom. The van der Waals surface area contributed by atoms with E-state index in [1.807, 2.05) is 24.3 Å². The summed E-state index contributed by atoms with van der Waals surface area (Å²) in [6, 6.07) is 10.9. The number of halogens is 2. The van der Waals surface area contributed by atoms with Crippen LogP contribution in [0.1, 0.15) is 21.7 Å². The average molecular weight is 424 g/mol. The Hall–Kier alpha value is -4.01. The van der Waals surface area contributed by atoms with Crippen LogP contribution in [0, 0.1) is 18.6 Å². The van der Waals surface area contributed by atoms with Gasteiger partial charge in [0, 0.05) is 35.2 Å². The predicted molar refractivity (Wildman–Crippen MR) is 109 cm³/mol. The van der Waals surface area contributed by atoms with Crippen molar-refractivity contribution in [2.45, 2.75) is 19.4 Å². The molecule has 2 heterocycles. The number of aromatic amines is 1. The fourth-order valence-electron chi connectivity index (χ4n) is 3.25. The number of aromatic nitrogens is 2. The normalized spacial score (nSPS) is 12.0. The van der Waals surface area contributed by atoms with Crippen LogP contribution < -0.4 is 10.6 Å². The molecule has 4 rings (SSSR count). The van der Waals surface area contributed by atoms with Gasteiger partial charge >= 0.3 is 0 Å². The summed E-state index contributed by atoms with van der Waals surface area (Å²) in [6.07, 6.45) is 1.91. The first kappa shape index (κ1) is 20.3. The maximum absolute atomic E-state index is 13.5. The van der Waals surface area contributed by atoms with Crippen LogP contribution in [0.4, 0.5) is 14.6 Å². The van der Waals surface area contributed by atoms with Crippen LogP contribution in [0.25, 0.3) is 10.9 Å². The SMILES string of the molecule is Cc1cc(NC(=O)[C@H](Cc2c[nH]c3ccccc23)NC(=O)c2ccc(F)c(F)c2)no1.